The number of hydrogen-bond acceptors (Lipinski definition) is 4. The molecule has 1 N–H and O–H groups in total. The highest BCUT2D eigenvalue weighted by Gasteiger charge is 2.40. The molecule has 1 aliphatic carbocycles. The van der Waals surface area contributed by atoms with Crippen molar-refractivity contribution in [2.75, 3.05) is 13.2 Å². The Hall–Kier alpha value is -2.94. The van der Waals surface area contributed by atoms with E-state index in [0.29, 0.717) is 30.8 Å². The maximum atomic E-state index is 14.0. The first-order chi connectivity index (χ1) is 14.4. The summed E-state index contributed by atoms with van der Waals surface area (Å²) in [5.41, 5.74) is 1.12. The minimum atomic E-state index is -4.63. The summed E-state index contributed by atoms with van der Waals surface area (Å²) in [4.78, 5) is 17.0. The maximum absolute atomic E-state index is 14.0. The molecule has 2 aromatic heterocycles. The van der Waals surface area contributed by atoms with Gasteiger partial charge in [0.15, 0.2) is 17.0 Å². The fourth-order valence-corrected chi connectivity index (χ4v) is 4.23. The summed E-state index contributed by atoms with van der Waals surface area (Å²) in [6, 6.07) is 8.63. The van der Waals surface area contributed by atoms with Gasteiger partial charge in [-0.2, -0.15) is 18.3 Å². The number of fused-ring (bicyclic) bond motifs is 4. The van der Waals surface area contributed by atoms with Crippen LogP contribution in [0.15, 0.2) is 30.3 Å². The molecule has 6 nitrogen and oxygen atoms in total. The lowest BCUT2D eigenvalue weighted by molar-refractivity contribution is -0.143. The van der Waals surface area contributed by atoms with Gasteiger partial charge in [-0.1, -0.05) is 24.3 Å². The molecule has 0 radical (unpaired) electrons. The molecular formula is C21H19F3N4O2. The summed E-state index contributed by atoms with van der Waals surface area (Å²) >= 11 is 0. The van der Waals surface area contributed by atoms with E-state index >= 15 is 0 Å². The van der Waals surface area contributed by atoms with Crippen LogP contribution in [0.25, 0.3) is 16.9 Å². The van der Waals surface area contributed by atoms with E-state index in [1.165, 1.54) is 6.07 Å². The highest BCUT2D eigenvalue weighted by atomic mass is 19.4. The Kier molecular flexibility index (Phi) is 4.50. The van der Waals surface area contributed by atoms with Gasteiger partial charge in [-0.15, -0.1) is 0 Å². The molecule has 2 aliphatic rings. The van der Waals surface area contributed by atoms with Crippen LogP contribution < -0.4 is 5.32 Å². The third-order valence-electron chi connectivity index (χ3n) is 5.63. The van der Waals surface area contributed by atoms with Crippen LogP contribution in [0.3, 0.4) is 0 Å². The Morgan fingerprint density at radius 1 is 1.27 bits per heavy atom. The number of aryl methyl sites for hydroxylation is 1. The second-order valence-electron chi connectivity index (χ2n) is 7.59. The van der Waals surface area contributed by atoms with E-state index in [0.717, 1.165) is 22.9 Å². The number of nitrogens with one attached hydrogen (secondary N) is 1. The number of halogens is 3. The molecule has 1 atom stereocenters. The summed E-state index contributed by atoms with van der Waals surface area (Å²) in [6.45, 7) is 0.955. The van der Waals surface area contributed by atoms with Crippen LogP contribution in [-0.2, 0) is 23.8 Å². The van der Waals surface area contributed by atoms with Crippen LogP contribution in [0.4, 0.5) is 13.2 Å². The van der Waals surface area contributed by atoms with Crippen molar-refractivity contribution in [3.8, 4) is 11.3 Å². The Bertz CT molecular complexity index is 1130. The molecular weight excluding hydrogens is 397 g/mol. The van der Waals surface area contributed by atoms with E-state index in [4.69, 9.17) is 4.74 Å². The third-order valence-corrected chi connectivity index (χ3v) is 5.63. The van der Waals surface area contributed by atoms with E-state index in [9.17, 15) is 18.0 Å². The van der Waals surface area contributed by atoms with Gasteiger partial charge < -0.3 is 10.1 Å². The quantitative estimate of drug-likeness (QED) is 0.711. The van der Waals surface area contributed by atoms with Crippen LogP contribution >= 0.6 is 0 Å². The van der Waals surface area contributed by atoms with Gasteiger partial charge in [-0.05, 0) is 31.2 Å². The number of ether oxygens (including phenoxy) is 1. The van der Waals surface area contributed by atoms with Crippen molar-refractivity contribution in [2.24, 2.45) is 0 Å². The van der Waals surface area contributed by atoms with Crippen molar-refractivity contribution < 1.29 is 22.7 Å². The highest BCUT2D eigenvalue weighted by Crippen LogP contribution is 2.40. The Labute approximate surface area is 170 Å². The van der Waals surface area contributed by atoms with Crippen molar-refractivity contribution in [3.05, 3.63) is 52.8 Å². The Morgan fingerprint density at radius 3 is 2.87 bits per heavy atom. The van der Waals surface area contributed by atoms with Gasteiger partial charge in [0.25, 0.3) is 5.91 Å². The van der Waals surface area contributed by atoms with Gasteiger partial charge in [0.1, 0.15) is 0 Å². The van der Waals surface area contributed by atoms with E-state index < -0.39 is 17.8 Å². The molecule has 1 saturated heterocycles. The van der Waals surface area contributed by atoms with E-state index in [2.05, 4.69) is 15.4 Å². The summed E-state index contributed by atoms with van der Waals surface area (Å²) in [7, 11) is 0. The van der Waals surface area contributed by atoms with Crippen molar-refractivity contribution in [2.45, 2.75) is 38.0 Å². The summed E-state index contributed by atoms with van der Waals surface area (Å²) in [5.74, 6) is -0.539. The molecule has 3 aromatic rings. The smallest absolute Gasteiger partial charge is 0.376 e. The number of hydrogen-bond donors (Lipinski definition) is 1. The fourth-order valence-electron chi connectivity index (χ4n) is 4.23. The maximum Gasteiger partial charge on any atom is 0.433 e. The Balaban J connectivity index is 1.59. The first kappa shape index (κ1) is 19.0. The minimum absolute atomic E-state index is 0.0000412. The van der Waals surface area contributed by atoms with Gasteiger partial charge in [0.05, 0.1) is 11.8 Å². The second kappa shape index (κ2) is 7.09. The average molecular weight is 416 g/mol. The number of carbonyl (C=O) groups excluding carboxylic acids is 1. The second-order valence-corrected chi connectivity index (χ2v) is 7.59. The van der Waals surface area contributed by atoms with E-state index in [1.54, 1.807) is 12.1 Å². The van der Waals surface area contributed by atoms with E-state index in [1.807, 2.05) is 12.1 Å². The zero-order valence-electron chi connectivity index (χ0n) is 16.0. The van der Waals surface area contributed by atoms with Gasteiger partial charge in [0, 0.05) is 30.3 Å². The number of carbonyl (C=O) groups is 1. The predicted molar refractivity (Wildman–Crippen MR) is 102 cm³/mol. The molecule has 1 fully saturated rings. The largest absolute Gasteiger partial charge is 0.433 e. The van der Waals surface area contributed by atoms with Crippen LogP contribution in [0, 0.1) is 0 Å². The molecule has 156 valence electrons. The van der Waals surface area contributed by atoms with Crippen LogP contribution in [0.2, 0.25) is 0 Å². The minimum Gasteiger partial charge on any atom is -0.376 e. The number of alkyl halides is 3. The molecule has 0 unspecified atom stereocenters. The van der Waals surface area contributed by atoms with Crippen LogP contribution in [0.5, 0.6) is 0 Å². The lowest BCUT2D eigenvalue weighted by atomic mass is 9.88. The van der Waals surface area contributed by atoms with Crippen molar-refractivity contribution in [3.63, 3.8) is 0 Å². The van der Waals surface area contributed by atoms with Gasteiger partial charge in [0.2, 0.25) is 0 Å². The standard InChI is InChI=1S/C21H19F3N4O2/c22-21(23,24)19-15-8-7-12-4-1-2-6-14(12)18(15)26-17-10-16(27-28(17)19)20(29)25-11-13-5-3-9-30-13/h1-2,4,6,10,13H,3,5,7-9,11H2,(H,25,29)/t13-/m0/s1. The monoisotopic (exact) mass is 416 g/mol. The number of aromatic nitrogens is 3. The number of benzene rings is 1. The summed E-state index contributed by atoms with van der Waals surface area (Å²) < 4.78 is 48.3. The first-order valence-corrected chi connectivity index (χ1v) is 9.90. The van der Waals surface area contributed by atoms with Gasteiger partial charge in [-0.3, -0.25) is 4.79 Å². The van der Waals surface area contributed by atoms with Crippen molar-refractivity contribution >= 4 is 11.6 Å². The zero-order chi connectivity index (χ0) is 20.9. The molecule has 5 rings (SSSR count). The van der Waals surface area contributed by atoms with Crippen molar-refractivity contribution in [1.82, 2.24) is 19.9 Å². The number of nitrogens with zero attached hydrogens (tertiary/aromatic N) is 3. The van der Waals surface area contributed by atoms with Crippen LogP contribution in [-0.4, -0.2) is 39.8 Å². The molecule has 1 amide bonds. The average Bonchev–Trinajstić information content (AvgIpc) is 3.38. The molecule has 3 heterocycles. The molecule has 0 spiro atoms. The van der Waals surface area contributed by atoms with Gasteiger partial charge >= 0.3 is 6.18 Å². The number of rotatable bonds is 3. The van der Waals surface area contributed by atoms with Crippen molar-refractivity contribution in [1.29, 1.82) is 0 Å². The lowest BCUT2D eigenvalue weighted by Gasteiger charge is -2.23. The van der Waals surface area contributed by atoms with E-state index in [-0.39, 0.29) is 29.4 Å². The predicted octanol–water partition coefficient (Wildman–Crippen LogP) is 3.42. The van der Waals surface area contributed by atoms with Crippen LogP contribution in [0.1, 0.15) is 40.2 Å². The fraction of sp³-hybridized carbons (Fsp3) is 0.381. The number of amides is 1. The topological polar surface area (TPSA) is 68.5 Å². The third kappa shape index (κ3) is 3.23. The molecule has 30 heavy (non-hydrogen) atoms. The molecule has 1 aliphatic heterocycles. The normalized spacial score (nSPS) is 18.3. The first-order valence-electron chi connectivity index (χ1n) is 9.90. The summed E-state index contributed by atoms with van der Waals surface area (Å²) in [5, 5.41) is 6.67. The SMILES string of the molecule is O=C(NC[C@@H]1CCCO1)c1cc2nc3c(c(C(F)(F)F)n2n1)CCc1ccccc1-3. The summed E-state index contributed by atoms with van der Waals surface area (Å²) in [6.07, 6.45) is -2.22. The lowest BCUT2D eigenvalue weighted by Crippen LogP contribution is -2.32. The Morgan fingerprint density at radius 2 is 2.10 bits per heavy atom. The van der Waals surface area contributed by atoms with Gasteiger partial charge in [-0.25, -0.2) is 9.50 Å². The zero-order valence-corrected chi connectivity index (χ0v) is 16.0. The molecule has 0 saturated carbocycles. The highest BCUT2D eigenvalue weighted by molar-refractivity contribution is 5.93. The molecule has 9 heteroatoms. The molecule has 0 bridgehead atoms. The molecule has 1 aromatic carbocycles.